The standard InChI is InChI=1S/C6H13N3O2/c1-4-2-11-3-5(4)8-6(10)9-7/h4-5H,2-3,7H2,1H3,(H2,8,9,10). The van der Waals surface area contributed by atoms with Crippen LogP contribution in [0.1, 0.15) is 6.92 Å². The van der Waals surface area contributed by atoms with Gasteiger partial charge in [-0.2, -0.15) is 0 Å². The first kappa shape index (κ1) is 8.29. The SMILES string of the molecule is CC1COCC1NC(=O)NN. The first-order valence-corrected chi connectivity index (χ1v) is 3.59. The summed E-state index contributed by atoms with van der Waals surface area (Å²) in [6.45, 7) is 3.30. The lowest BCUT2D eigenvalue weighted by Gasteiger charge is -2.13. The van der Waals surface area contributed by atoms with Gasteiger partial charge in [0.05, 0.1) is 19.3 Å². The normalized spacial score (nSPS) is 30.0. The van der Waals surface area contributed by atoms with Crippen LogP contribution >= 0.6 is 0 Å². The van der Waals surface area contributed by atoms with Gasteiger partial charge in [0.2, 0.25) is 0 Å². The van der Waals surface area contributed by atoms with Crippen LogP contribution in [0.5, 0.6) is 0 Å². The fraction of sp³-hybridized carbons (Fsp3) is 0.833. The zero-order valence-electron chi connectivity index (χ0n) is 6.46. The highest BCUT2D eigenvalue weighted by Gasteiger charge is 2.25. The Morgan fingerprint density at radius 1 is 1.64 bits per heavy atom. The second kappa shape index (κ2) is 3.54. The highest BCUT2D eigenvalue weighted by molar-refractivity contribution is 5.73. The summed E-state index contributed by atoms with van der Waals surface area (Å²) < 4.78 is 5.13. The maximum atomic E-state index is 10.7. The molecule has 5 heteroatoms. The molecule has 2 atom stereocenters. The van der Waals surface area contributed by atoms with Crippen LogP contribution in [-0.2, 0) is 4.74 Å². The molecule has 1 rings (SSSR count). The summed E-state index contributed by atoms with van der Waals surface area (Å²) in [6, 6.07) is -0.258. The van der Waals surface area contributed by atoms with Gasteiger partial charge in [-0.15, -0.1) is 0 Å². The summed E-state index contributed by atoms with van der Waals surface area (Å²) in [6.07, 6.45) is 0. The van der Waals surface area contributed by atoms with E-state index in [4.69, 9.17) is 10.6 Å². The van der Waals surface area contributed by atoms with Crippen LogP contribution in [0.15, 0.2) is 0 Å². The largest absolute Gasteiger partial charge is 0.379 e. The average molecular weight is 159 g/mol. The smallest absolute Gasteiger partial charge is 0.329 e. The molecule has 0 aliphatic carbocycles. The highest BCUT2D eigenvalue weighted by Crippen LogP contribution is 2.11. The Labute approximate surface area is 65.2 Å². The number of rotatable bonds is 1. The molecule has 0 aromatic rings. The Kier molecular flexibility index (Phi) is 2.67. The van der Waals surface area contributed by atoms with Gasteiger partial charge in [0.15, 0.2) is 0 Å². The second-order valence-corrected chi connectivity index (χ2v) is 2.74. The number of ether oxygens (including phenoxy) is 1. The monoisotopic (exact) mass is 159 g/mol. The Morgan fingerprint density at radius 2 is 2.36 bits per heavy atom. The number of urea groups is 1. The van der Waals surface area contributed by atoms with E-state index in [1.807, 2.05) is 12.3 Å². The van der Waals surface area contributed by atoms with Crippen molar-refractivity contribution in [1.82, 2.24) is 10.7 Å². The third kappa shape index (κ3) is 2.06. The van der Waals surface area contributed by atoms with Crippen molar-refractivity contribution in [3.63, 3.8) is 0 Å². The summed E-state index contributed by atoms with van der Waals surface area (Å²) in [5.74, 6) is 5.26. The molecule has 11 heavy (non-hydrogen) atoms. The van der Waals surface area contributed by atoms with Crippen molar-refractivity contribution in [2.45, 2.75) is 13.0 Å². The molecule has 2 unspecified atom stereocenters. The zero-order valence-corrected chi connectivity index (χ0v) is 6.46. The van der Waals surface area contributed by atoms with Gasteiger partial charge >= 0.3 is 6.03 Å². The van der Waals surface area contributed by atoms with E-state index in [0.29, 0.717) is 19.1 Å². The number of nitrogens with two attached hydrogens (primary N) is 1. The average Bonchev–Trinajstić information content (AvgIpc) is 2.37. The van der Waals surface area contributed by atoms with E-state index >= 15 is 0 Å². The summed E-state index contributed by atoms with van der Waals surface area (Å²) in [5.41, 5.74) is 2.01. The minimum absolute atomic E-state index is 0.0959. The van der Waals surface area contributed by atoms with E-state index in [1.165, 1.54) is 0 Å². The van der Waals surface area contributed by atoms with Crippen molar-refractivity contribution in [2.75, 3.05) is 13.2 Å². The Morgan fingerprint density at radius 3 is 2.82 bits per heavy atom. The number of amides is 2. The minimum Gasteiger partial charge on any atom is -0.379 e. The predicted octanol–water partition coefficient (Wildman–Crippen LogP) is -0.806. The van der Waals surface area contributed by atoms with Gasteiger partial charge in [0, 0.05) is 5.92 Å². The van der Waals surface area contributed by atoms with Crippen LogP contribution < -0.4 is 16.6 Å². The highest BCUT2D eigenvalue weighted by atomic mass is 16.5. The van der Waals surface area contributed by atoms with Crippen molar-refractivity contribution in [3.8, 4) is 0 Å². The van der Waals surface area contributed by atoms with Crippen molar-refractivity contribution < 1.29 is 9.53 Å². The summed E-state index contributed by atoms with van der Waals surface area (Å²) in [4.78, 5) is 10.7. The Balaban J connectivity index is 2.30. The molecule has 1 aliphatic heterocycles. The molecule has 1 aliphatic rings. The minimum atomic E-state index is -0.354. The molecule has 0 saturated carbocycles. The van der Waals surface area contributed by atoms with Gasteiger partial charge in [-0.25, -0.2) is 10.6 Å². The Bertz CT molecular complexity index is 151. The molecule has 1 fully saturated rings. The van der Waals surface area contributed by atoms with Gasteiger partial charge in [-0.05, 0) is 0 Å². The van der Waals surface area contributed by atoms with Crippen LogP contribution in [0.25, 0.3) is 0 Å². The van der Waals surface area contributed by atoms with Crippen LogP contribution in [0.4, 0.5) is 4.79 Å². The van der Waals surface area contributed by atoms with Gasteiger partial charge in [-0.3, -0.25) is 5.43 Å². The summed E-state index contributed by atoms with van der Waals surface area (Å²) >= 11 is 0. The van der Waals surface area contributed by atoms with Crippen LogP contribution in [0, 0.1) is 5.92 Å². The van der Waals surface area contributed by atoms with E-state index in [1.54, 1.807) is 0 Å². The zero-order chi connectivity index (χ0) is 8.27. The molecule has 1 heterocycles. The van der Waals surface area contributed by atoms with Crippen LogP contribution in [0.2, 0.25) is 0 Å². The number of hydrogen-bond donors (Lipinski definition) is 3. The maximum Gasteiger partial charge on any atom is 0.329 e. The quantitative estimate of drug-likeness (QED) is 0.266. The number of carbonyl (C=O) groups is 1. The van der Waals surface area contributed by atoms with Gasteiger partial charge in [0.25, 0.3) is 0 Å². The molecule has 0 aromatic heterocycles. The number of hydrazine groups is 1. The lowest BCUT2D eigenvalue weighted by Crippen LogP contribution is -2.47. The van der Waals surface area contributed by atoms with E-state index in [0.717, 1.165) is 0 Å². The maximum absolute atomic E-state index is 10.7. The molecular weight excluding hydrogens is 146 g/mol. The van der Waals surface area contributed by atoms with Gasteiger partial charge in [-0.1, -0.05) is 6.92 Å². The molecule has 64 valence electrons. The number of hydrogen-bond acceptors (Lipinski definition) is 3. The lowest BCUT2D eigenvalue weighted by molar-refractivity contribution is 0.183. The third-order valence-corrected chi connectivity index (χ3v) is 1.81. The van der Waals surface area contributed by atoms with E-state index < -0.39 is 0 Å². The molecule has 0 aromatic carbocycles. The van der Waals surface area contributed by atoms with E-state index in [2.05, 4.69) is 5.32 Å². The molecule has 4 N–H and O–H groups in total. The molecule has 0 radical (unpaired) electrons. The van der Waals surface area contributed by atoms with Gasteiger partial charge < -0.3 is 10.1 Å². The van der Waals surface area contributed by atoms with Crippen molar-refractivity contribution in [2.24, 2.45) is 11.8 Å². The number of nitrogens with one attached hydrogen (secondary N) is 2. The van der Waals surface area contributed by atoms with Crippen molar-refractivity contribution >= 4 is 6.03 Å². The van der Waals surface area contributed by atoms with Crippen LogP contribution in [-0.4, -0.2) is 25.3 Å². The Hall–Kier alpha value is -0.810. The van der Waals surface area contributed by atoms with Crippen LogP contribution in [0.3, 0.4) is 0 Å². The van der Waals surface area contributed by atoms with Crippen molar-refractivity contribution in [3.05, 3.63) is 0 Å². The molecule has 5 nitrogen and oxygen atoms in total. The first-order valence-electron chi connectivity index (χ1n) is 3.59. The van der Waals surface area contributed by atoms with Crippen molar-refractivity contribution in [1.29, 1.82) is 0 Å². The molecule has 1 saturated heterocycles. The second-order valence-electron chi connectivity index (χ2n) is 2.74. The number of carbonyl (C=O) groups excluding carboxylic acids is 1. The third-order valence-electron chi connectivity index (χ3n) is 1.81. The van der Waals surface area contributed by atoms with E-state index in [-0.39, 0.29) is 12.1 Å². The first-order chi connectivity index (χ1) is 5.24. The summed E-state index contributed by atoms with van der Waals surface area (Å²) in [5, 5.41) is 2.68. The topological polar surface area (TPSA) is 76.4 Å². The molecule has 0 bridgehead atoms. The summed E-state index contributed by atoms with van der Waals surface area (Å²) in [7, 11) is 0. The fourth-order valence-electron chi connectivity index (χ4n) is 1.06. The molecule has 2 amide bonds. The molecular formula is C6H13N3O2. The lowest BCUT2D eigenvalue weighted by atomic mass is 10.1. The predicted molar refractivity (Wildman–Crippen MR) is 39.6 cm³/mol. The van der Waals surface area contributed by atoms with E-state index in [9.17, 15) is 4.79 Å². The fourth-order valence-corrected chi connectivity index (χ4v) is 1.06. The van der Waals surface area contributed by atoms with Gasteiger partial charge in [0.1, 0.15) is 0 Å². The molecule has 0 spiro atoms.